The molecule has 17 heavy (non-hydrogen) atoms. The molecule has 1 amide bonds. The number of rotatable bonds is 2. The minimum absolute atomic E-state index is 0.160. The number of amides is 1. The van der Waals surface area contributed by atoms with Crippen molar-refractivity contribution in [1.82, 2.24) is 4.98 Å². The fraction of sp³-hybridized carbons (Fsp3) is 0.0769. The first-order chi connectivity index (χ1) is 8.18. The molecule has 0 atom stereocenters. The number of nitrogens with zero attached hydrogens (tertiary/aromatic N) is 1. The largest absolute Gasteiger partial charge is 0.328 e. The lowest BCUT2D eigenvalue weighted by atomic mass is 10.2. The monoisotopic (exact) mass is 228 g/mol. The van der Waals surface area contributed by atoms with Crippen LogP contribution in [0.5, 0.6) is 0 Å². The topological polar surface area (TPSA) is 53.2 Å². The van der Waals surface area contributed by atoms with Gasteiger partial charge in [-0.15, -0.1) is 0 Å². The first-order valence-corrected chi connectivity index (χ1v) is 5.20. The number of H-pyrrole nitrogens is 1. The number of aromatic amines is 1. The van der Waals surface area contributed by atoms with E-state index in [2.05, 4.69) is 4.98 Å². The van der Waals surface area contributed by atoms with Gasteiger partial charge < -0.3 is 9.88 Å². The summed E-state index contributed by atoms with van der Waals surface area (Å²) in [6.45, 7) is 0. The molecule has 86 valence electrons. The van der Waals surface area contributed by atoms with E-state index in [1.165, 1.54) is 23.2 Å². The van der Waals surface area contributed by atoms with Gasteiger partial charge in [0.2, 0.25) is 5.56 Å². The van der Waals surface area contributed by atoms with E-state index in [0.717, 1.165) is 5.69 Å². The van der Waals surface area contributed by atoms with Crippen molar-refractivity contribution in [3.8, 4) is 0 Å². The van der Waals surface area contributed by atoms with Gasteiger partial charge in [-0.05, 0) is 18.2 Å². The van der Waals surface area contributed by atoms with E-state index < -0.39 is 0 Å². The van der Waals surface area contributed by atoms with Gasteiger partial charge >= 0.3 is 0 Å². The van der Waals surface area contributed by atoms with Crippen LogP contribution in [0.15, 0.2) is 53.5 Å². The summed E-state index contributed by atoms with van der Waals surface area (Å²) >= 11 is 0. The SMILES string of the molecule is CN(C(=O)c1ccc(=O)[nH]c1)c1ccccc1. The van der Waals surface area contributed by atoms with Gasteiger partial charge in [-0.2, -0.15) is 0 Å². The number of anilines is 1. The molecule has 0 spiro atoms. The molecule has 0 saturated heterocycles. The van der Waals surface area contributed by atoms with Gasteiger partial charge in [-0.25, -0.2) is 0 Å². The zero-order chi connectivity index (χ0) is 12.3. The lowest BCUT2D eigenvalue weighted by molar-refractivity contribution is 0.0992. The first-order valence-electron chi connectivity index (χ1n) is 5.20. The van der Waals surface area contributed by atoms with E-state index >= 15 is 0 Å². The predicted molar refractivity (Wildman–Crippen MR) is 66.2 cm³/mol. The highest BCUT2D eigenvalue weighted by atomic mass is 16.2. The Balaban J connectivity index is 2.26. The molecule has 4 nitrogen and oxygen atoms in total. The third-order valence-electron chi connectivity index (χ3n) is 2.48. The van der Waals surface area contributed by atoms with Gasteiger partial charge in [0.25, 0.3) is 5.91 Å². The summed E-state index contributed by atoms with van der Waals surface area (Å²) in [5, 5.41) is 0. The number of aromatic nitrogens is 1. The number of para-hydroxylation sites is 1. The van der Waals surface area contributed by atoms with Crippen molar-refractivity contribution in [3.05, 3.63) is 64.6 Å². The van der Waals surface area contributed by atoms with Crippen molar-refractivity contribution in [2.75, 3.05) is 11.9 Å². The number of carbonyl (C=O) groups is 1. The van der Waals surface area contributed by atoms with Crippen LogP contribution in [0, 0.1) is 0 Å². The summed E-state index contributed by atoms with van der Waals surface area (Å²) < 4.78 is 0. The molecule has 2 rings (SSSR count). The van der Waals surface area contributed by atoms with Crippen LogP contribution in [0.1, 0.15) is 10.4 Å². The fourth-order valence-corrected chi connectivity index (χ4v) is 1.51. The van der Waals surface area contributed by atoms with Gasteiger partial charge in [0, 0.05) is 25.0 Å². The smallest absolute Gasteiger partial charge is 0.259 e. The normalized spacial score (nSPS) is 9.94. The molecule has 1 aromatic carbocycles. The minimum atomic E-state index is -0.219. The van der Waals surface area contributed by atoms with Crippen LogP contribution in [-0.2, 0) is 0 Å². The van der Waals surface area contributed by atoms with Crippen LogP contribution in [0.3, 0.4) is 0 Å². The second-order valence-corrected chi connectivity index (χ2v) is 3.64. The maximum absolute atomic E-state index is 12.1. The Morgan fingerprint density at radius 1 is 1.12 bits per heavy atom. The highest BCUT2D eigenvalue weighted by Crippen LogP contribution is 2.13. The molecule has 0 saturated carbocycles. The molecule has 2 aromatic rings. The van der Waals surface area contributed by atoms with Gasteiger partial charge in [0.1, 0.15) is 0 Å². The number of pyridine rings is 1. The molecule has 0 aliphatic heterocycles. The Labute approximate surface area is 98.5 Å². The van der Waals surface area contributed by atoms with Crippen LogP contribution >= 0.6 is 0 Å². The molecule has 0 aliphatic rings. The Kier molecular flexibility index (Phi) is 3.05. The standard InChI is InChI=1S/C13H12N2O2/c1-15(11-5-3-2-4-6-11)13(17)10-7-8-12(16)14-9-10/h2-9H,1H3,(H,14,16). The van der Waals surface area contributed by atoms with Crippen LogP contribution in [-0.4, -0.2) is 17.9 Å². The second kappa shape index (κ2) is 4.65. The Morgan fingerprint density at radius 2 is 1.82 bits per heavy atom. The highest BCUT2D eigenvalue weighted by Gasteiger charge is 2.12. The van der Waals surface area contributed by atoms with Gasteiger partial charge in [0.15, 0.2) is 0 Å². The molecular weight excluding hydrogens is 216 g/mol. The van der Waals surface area contributed by atoms with Crippen LogP contribution < -0.4 is 10.5 Å². The van der Waals surface area contributed by atoms with E-state index in [1.807, 2.05) is 30.3 Å². The lowest BCUT2D eigenvalue weighted by Crippen LogP contribution is -2.26. The van der Waals surface area contributed by atoms with Crippen molar-refractivity contribution >= 4 is 11.6 Å². The summed E-state index contributed by atoms with van der Waals surface area (Å²) in [4.78, 5) is 27.0. The lowest BCUT2D eigenvalue weighted by Gasteiger charge is -2.16. The zero-order valence-electron chi connectivity index (χ0n) is 9.38. The fourth-order valence-electron chi connectivity index (χ4n) is 1.51. The molecule has 1 N–H and O–H groups in total. The maximum Gasteiger partial charge on any atom is 0.259 e. The van der Waals surface area contributed by atoms with E-state index in [0.29, 0.717) is 5.56 Å². The van der Waals surface area contributed by atoms with Crippen LogP contribution in [0.25, 0.3) is 0 Å². The van der Waals surface area contributed by atoms with E-state index in [1.54, 1.807) is 7.05 Å². The zero-order valence-corrected chi connectivity index (χ0v) is 9.38. The third-order valence-corrected chi connectivity index (χ3v) is 2.48. The minimum Gasteiger partial charge on any atom is -0.328 e. The summed E-state index contributed by atoms with van der Waals surface area (Å²) in [5.41, 5.74) is 1.04. The van der Waals surface area contributed by atoms with E-state index in [-0.39, 0.29) is 11.5 Å². The summed E-state index contributed by atoms with van der Waals surface area (Å²) in [6, 6.07) is 12.2. The Bertz CT molecular complexity index is 555. The molecule has 1 heterocycles. The molecular formula is C13H12N2O2. The van der Waals surface area contributed by atoms with Crippen molar-refractivity contribution in [2.24, 2.45) is 0 Å². The van der Waals surface area contributed by atoms with Crippen molar-refractivity contribution in [3.63, 3.8) is 0 Å². The number of hydrogen-bond acceptors (Lipinski definition) is 2. The van der Waals surface area contributed by atoms with E-state index in [9.17, 15) is 9.59 Å². The Hall–Kier alpha value is -2.36. The van der Waals surface area contributed by atoms with Crippen molar-refractivity contribution < 1.29 is 4.79 Å². The molecule has 0 aliphatic carbocycles. The van der Waals surface area contributed by atoms with E-state index in [4.69, 9.17) is 0 Å². The molecule has 1 aromatic heterocycles. The van der Waals surface area contributed by atoms with Gasteiger partial charge in [0.05, 0.1) is 5.56 Å². The summed E-state index contributed by atoms with van der Waals surface area (Å²) in [7, 11) is 1.70. The molecule has 0 fully saturated rings. The molecule has 0 bridgehead atoms. The number of nitrogens with one attached hydrogen (secondary N) is 1. The average molecular weight is 228 g/mol. The predicted octanol–water partition coefficient (Wildman–Crippen LogP) is 1.65. The van der Waals surface area contributed by atoms with Crippen molar-refractivity contribution in [1.29, 1.82) is 0 Å². The molecule has 4 heteroatoms. The number of carbonyl (C=O) groups excluding carboxylic acids is 1. The highest BCUT2D eigenvalue weighted by molar-refractivity contribution is 6.05. The molecule has 0 unspecified atom stereocenters. The number of benzene rings is 1. The summed E-state index contributed by atoms with van der Waals surface area (Å²) in [6.07, 6.45) is 1.42. The average Bonchev–Trinajstić information content (AvgIpc) is 2.39. The van der Waals surface area contributed by atoms with Gasteiger partial charge in [-0.3, -0.25) is 9.59 Å². The molecule has 0 radical (unpaired) electrons. The third kappa shape index (κ3) is 2.42. The first kappa shape index (κ1) is 11.1. The number of hydrogen-bond donors (Lipinski definition) is 1. The van der Waals surface area contributed by atoms with Crippen LogP contribution in [0.2, 0.25) is 0 Å². The van der Waals surface area contributed by atoms with Gasteiger partial charge in [-0.1, -0.05) is 18.2 Å². The van der Waals surface area contributed by atoms with Crippen LogP contribution in [0.4, 0.5) is 5.69 Å². The Morgan fingerprint density at radius 3 is 2.41 bits per heavy atom. The quantitative estimate of drug-likeness (QED) is 0.849. The summed E-state index contributed by atoms with van der Waals surface area (Å²) in [5.74, 6) is -0.160. The maximum atomic E-state index is 12.1. The second-order valence-electron chi connectivity index (χ2n) is 3.64. The van der Waals surface area contributed by atoms with Crippen molar-refractivity contribution in [2.45, 2.75) is 0 Å².